The number of amides is 1. The van der Waals surface area contributed by atoms with E-state index in [1.807, 2.05) is 72.8 Å². The Hall–Kier alpha value is -3.38. The minimum Gasteiger partial charge on any atom is -0.497 e. The van der Waals surface area contributed by atoms with Gasteiger partial charge in [0.25, 0.3) is 5.91 Å². The van der Waals surface area contributed by atoms with Gasteiger partial charge in [-0.15, -0.1) is 0 Å². The first kappa shape index (κ1) is 19.9. The number of carbonyl (C=O) groups excluding carboxylic acids is 1. The molecule has 0 N–H and O–H groups in total. The van der Waals surface area contributed by atoms with Crippen molar-refractivity contribution in [2.45, 2.75) is 0 Å². The second-order valence-electron chi connectivity index (χ2n) is 6.56. The van der Waals surface area contributed by atoms with Crippen LogP contribution in [-0.2, 0) is 4.79 Å². The fourth-order valence-electron chi connectivity index (χ4n) is 3.20. The molecule has 0 atom stereocenters. The zero-order chi connectivity index (χ0) is 21.1. The van der Waals surface area contributed by atoms with E-state index >= 15 is 0 Å². The summed E-state index contributed by atoms with van der Waals surface area (Å²) in [5, 5.41) is 0. The van der Waals surface area contributed by atoms with Crippen molar-refractivity contribution in [2.75, 3.05) is 19.1 Å². The van der Waals surface area contributed by atoms with Crippen molar-refractivity contribution in [3.63, 3.8) is 0 Å². The van der Waals surface area contributed by atoms with E-state index in [2.05, 4.69) is 15.9 Å². The fourth-order valence-corrected chi connectivity index (χ4v) is 3.66. The molecule has 3 aromatic carbocycles. The molecule has 5 nitrogen and oxygen atoms in total. The summed E-state index contributed by atoms with van der Waals surface area (Å²) in [7, 11) is 3.22. The van der Waals surface area contributed by atoms with Gasteiger partial charge >= 0.3 is 0 Å². The van der Waals surface area contributed by atoms with Crippen LogP contribution in [-0.4, -0.2) is 26.0 Å². The Morgan fingerprint density at radius 1 is 0.900 bits per heavy atom. The molecule has 0 saturated carbocycles. The molecule has 6 heteroatoms. The smallest absolute Gasteiger partial charge is 0.282 e. The molecule has 0 fully saturated rings. The van der Waals surface area contributed by atoms with Gasteiger partial charge in [-0.25, -0.2) is 4.99 Å². The Morgan fingerprint density at radius 3 is 2.33 bits per heavy atom. The summed E-state index contributed by atoms with van der Waals surface area (Å²) in [6.07, 6.45) is 1.77. The number of hydrogen-bond donors (Lipinski definition) is 0. The van der Waals surface area contributed by atoms with Gasteiger partial charge in [0, 0.05) is 10.0 Å². The lowest BCUT2D eigenvalue weighted by molar-refractivity contribution is -0.113. The molecule has 30 heavy (non-hydrogen) atoms. The third-order valence-corrected chi connectivity index (χ3v) is 5.39. The second kappa shape index (κ2) is 8.55. The van der Waals surface area contributed by atoms with Crippen LogP contribution in [0.15, 0.2) is 88.0 Å². The van der Waals surface area contributed by atoms with Gasteiger partial charge in [0.2, 0.25) is 0 Å². The van der Waals surface area contributed by atoms with Crippen molar-refractivity contribution >= 4 is 39.4 Å². The SMILES string of the molecule is COc1ccc(N2C(=O)/C(=C\c3cccc(OC)c3)N=C2c2ccccc2Br)cc1. The minimum atomic E-state index is -0.200. The minimum absolute atomic E-state index is 0.200. The third kappa shape index (κ3) is 3.86. The van der Waals surface area contributed by atoms with Crippen LogP contribution < -0.4 is 14.4 Å². The summed E-state index contributed by atoms with van der Waals surface area (Å²) in [5.41, 5.74) is 2.73. The Kier molecular flexibility index (Phi) is 5.68. The van der Waals surface area contributed by atoms with Gasteiger partial charge in [0.05, 0.1) is 19.9 Å². The highest BCUT2D eigenvalue weighted by molar-refractivity contribution is 9.10. The highest BCUT2D eigenvalue weighted by Crippen LogP contribution is 2.31. The first-order chi connectivity index (χ1) is 14.6. The average molecular weight is 463 g/mol. The van der Waals surface area contributed by atoms with Crippen molar-refractivity contribution in [1.82, 2.24) is 0 Å². The molecular formula is C24H19BrN2O3. The molecule has 0 spiro atoms. The number of benzene rings is 3. The molecule has 0 radical (unpaired) electrons. The van der Waals surface area contributed by atoms with E-state index in [1.165, 1.54) is 0 Å². The predicted octanol–water partition coefficient (Wildman–Crippen LogP) is 5.30. The van der Waals surface area contributed by atoms with E-state index in [0.717, 1.165) is 27.1 Å². The molecule has 0 bridgehead atoms. The normalized spacial score (nSPS) is 14.8. The van der Waals surface area contributed by atoms with Gasteiger partial charge in [-0.3, -0.25) is 9.69 Å². The Labute approximate surface area is 183 Å². The zero-order valence-electron chi connectivity index (χ0n) is 16.5. The number of amidine groups is 1. The lowest BCUT2D eigenvalue weighted by Gasteiger charge is -2.19. The van der Waals surface area contributed by atoms with Crippen molar-refractivity contribution in [3.8, 4) is 11.5 Å². The number of rotatable bonds is 5. The number of ether oxygens (including phenoxy) is 2. The van der Waals surface area contributed by atoms with Crippen LogP contribution in [0, 0.1) is 0 Å². The van der Waals surface area contributed by atoms with E-state index < -0.39 is 0 Å². The Morgan fingerprint density at radius 2 is 1.63 bits per heavy atom. The van der Waals surface area contributed by atoms with Crippen LogP contribution >= 0.6 is 15.9 Å². The first-order valence-corrected chi connectivity index (χ1v) is 10.1. The van der Waals surface area contributed by atoms with Crippen LogP contribution in [0.25, 0.3) is 6.08 Å². The van der Waals surface area contributed by atoms with Crippen molar-refractivity contribution in [1.29, 1.82) is 0 Å². The molecule has 1 aliphatic rings. The molecule has 4 rings (SSSR count). The summed E-state index contributed by atoms with van der Waals surface area (Å²) in [4.78, 5) is 19.7. The number of carbonyl (C=O) groups is 1. The highest BCUT2D eigenvalue weighted by Gasteiger charge is 2.33. The van der Waals surface area contributed by atoms with Crippen LogP contribution in [0.1, 0.15) is 11.1 Å². The topological polar surface area (TPSA) is 51.1 Å². The van der Waals surface area contributed by atoms with Gasteiger partial charge < -0.3 is 9.47 Å². The van der Waals surface area contributed by atoms with E-state index in [9.17, 15) is 4.79 Å². The second-order valence-corrected chi connectivity index (χ2v) is 7.41. The van der Waals surface area contributed by atoms with Gasteiger partial charge in [0.15, 0.2) is 0 Å². The molecule has 3 aromatic rings. The average Bonchev–Trinajstić information content (AvgIpc) is 3.10. The van der Waals surface area contributed by atoms with Gasteiger partial charge in [-0.1, -0.05) is 46.3 Å². The molecule has 1 aliphatic heterocycles. The molecule has 0 aliphatic carbocycles. The number of halogens is 1. The van der Waals surface area contributed by atoms with Crippen molar-refractivity contribution in [3.05, 3.63) is 94.1 Å². The number of methoxy groups -OCH3 is 2. The highest BCUT2D eigenvalue weighted by atomic mass is 79.9. The van der Waals surface area contributed by atoms with Crippen LogP contribution in [0.2, 0.25) is 0 Å². The summed E-state index contributed by atoms with van der Waals surface area (Å²) in [5.74, 6) is 1.80. The van der Waals surface area contributed by atoms with Crippen molar-refractivity contribution in [2.24, 2.45) is 4.99 Å². The predicted molar refractivity (Wildman–Crippen MR) is 122 cm³/mol. The summed E-state index contributed by atoms with van der Waals surface area (Å²) < 4.78 is 11.4. The lowest BCUT2D eigenvalue weighted by Crippen LogP contribution is -2.32. The van der Waals surface area contributed by atoms with Crippen LogP contribution in [0.3, 0.4) is 0 Å². The van der Waals surface area contributed by atoms with Crippen LogP contribution in [0.5, 0.6) is 11.5 Å². The van der Waals surface area contributed by atoms with Gasteiger partial charge in [-0.05, 0) is 54.1 Å². The molecule has 0 unspecified atom stereocenters. The van der Waals surface area contributed by atoms with E-state index in [-0.39, 0.29) is 5.91 Å². The molecule has 0 saturated heterocycles. The molecular weight excluding hydrogens is 444 g/mol. The Bertz CT molecular complexity index is 1150. The fraction of sp³-hybridized carbons (Fsp3) is 0.0833. The number of anilines is 1. The third-order valence-electron chi connectivity index (χ3n) is 4.70. The van der Waals surface area contributed by atoms with E-state index in [4.69, 9.17) is 14.5 Å². The van der Waals surface area contributed by atoms with E-state index in [0.29, 0.717) is 17.2 Å². The zero-order valence-corrected chi connectivity index (χ0v) is 18.1. The maximum Gasteiger partial charge on any atom is 0.282 e. The Balaban J connectivity index is 1.82. The summed E-state index contributed by atoms with van der Waals surface area (Å²) in [6.45, 7) is 0. The first-order valence-electron chi connectivity index (χ1n) is 9.28. The van der Waals surface area contributed by atoms with Gasteiger partial charge in [-0.2, -0.15) is 0 Å². The van der Waals surface area contributed by atoms with Crippen molar-refractivity contribution < 1.29 is 14.3 Å². The maximum absolute atomic E-state index is 13.4. The molecule has 1 amide bonds. The van der Waals surface area contributed by atoms with E-state index in [1.54, 1.807) is 25.2 Å². The van der Waals surface area contributed by atoms with Gasteiger partial charge in [0.1, 0.15) is 23.0 Å². The molecule has 0 aromatic heterocycles. The quantitative estimate of drug-likeness (QED) is 0.483. The largest absolute Gasteiger partial charge is 0.497 e. The summed E-state index contributed by atoms with van der Waals surface area (Å²) in [6, 6.07) is 22.6. The standard InChI is InChI=1S/C24H19BrN2O3/c1-29-18-12-10-17(11-13-18)27-23(20-8-3-4-9-21(20)25)26-22(24(27)28)15-16-6-5-7-19(14-16)30-2/h3-15H,1-2H3/b22-15+. The number of hydrogen-bond acceptors (Lipinski definition) is 4. The summed E-state index contributed by atoms with van der Waals surface area (Å²) >= 11 is 3.58. The molecule has 1 heterocycles. The maximum atomic E-state index is 13.4. The number of aliphatic imine (C=N–C) groups is 1. The number of nitrogens with zero attached hydrogens (tertiary/aromatic N) is 2. The van der Waals surface area contributed by atoms with Crippen LogP contribution in [0.4, 0.5) is 5.69 Å². The molecule has 150 valence electrons. The lowest BCUT2D eigenvalue weighted by atomic mass is 10.1. The monoisotopic (exact) mass is 462 g/mol.